The molecule has 3 nitrogen and oxygen atoms in total. The molecule has 4 heteroatoms. The number of aromatic nitrogens is 2. The highest BCUT2D eigenvalue weighted by Gasteiger charge is 1.91. The SMILES string of the molecule is CC#CCNc1ncc(Br)cn1. The highest BCUT2D eigenvalue weighted by molar-refractivity contribution is 9.10. The summed E-state index contributed by atoms with van der Waals surface area (Å²) < 4.78 is 0.870. The van der Waals surface area contributed by atoms with Crippen molar-refractivity contribution in [1.82, 2.24) is 9.97 Å². The molecule has 0 saturated carbocycles. The molecule has 12 heavy (non-hydrogen) atoms. The first-order valence-electron chi connectivity index (χ1n) is 3.44. The van der Waals surface area contributed by atoms with Crippen molar-refractivity contribution in [2.24, 2.45) is 0 Å². The van der Waals surface area contributed by atoms with Gasteiger partial charge >= 0.3 is 0 Å². The monoisotopic (exact) mass is 225 g/mol. The summed E-state index contributed by atoms with van der Waals surface area (Å²) in [4.78, 5) is 8.03. The van der Waals surface area contributed by atoms with Crippen LogP contribution in [0.3, 0.4) is 0 Å². The van der Waals surface area contributed by atoms with Gasteiger partial charge in [0.1, 0.15) is 0 Å². The number of halogens is 1. The Morgan fingerprint density at radius 3 is 2.75 bits per heavy atom. The van der Waals surface area contributed by atoms with E-state index in [0.29, 0.717) is 12.5 Å². The van der Waals surface area contributed by atoms with Gasteiger partial charge in [0.2, 0.25) is 5.95 Å². The van der Waals surface area contributed by atoms with Gasteiger partial charge in [0.15, 0.2) is 0 Å². The molecule has 0 aliphatic heterocycles. The molecule has 0 aliphatic rings. The van der Waals surface area contributed by atoms with Crippen molar-refractivity contribution in [1.29, 1.82) is 0 Å². The normalized spacial score (nSPS) is 8.50. The van der Waals surface area contributed by atoms with Crippen molar-refractivity contribution in [3.8, 4) is 11.8 Å². The van der Waals surface area contributed by atoms with E-state index in [9.17, 15) is 0 Å². The molecule has 0 amide bonds. The first-order valence-corrected chi connectivity index (χ1v) is 4.23. The number of rotatable bonds is 2. The second-order valence-electron chi connectivity index (χ2n) is 2.01. The molecular formula is C8H8BrN3. The lowest BCUT2D eigenvalue weighted by Crippen LogP contribution is -2.02. The zero-order valence-electron chi connectivity index (χ0n) is 6.63. The van der Waals surface area contributed by atoms with Gasteiger partial charge in [-0.1, -0.05) is 5.92 Å². The number of hydrogen-bond acceptors (Lipinski definition) is 3. The van der Waals surface area contributed by atoms with Gasteiger partial charge in [-0.05, 0) is 22.9 Å². The van der Waals surface area contributed by atoms with Gasteiger partial charge in [0, 0.05) is 12.4 Å². The maximum absolute atomic E-state index is 4.01. The van der Waals surface area contributed by atoms with E-state index in [1.54, 1.807) is 19.3 Å². The lowest BCUT2D eigenvalue weighted by Gasteiger charge is -1.97. The fourth-order valence-electron chi connectivity index (χ4n) is 0.615. The molecule has 0 aliphatic carbocycles. The van der Waals surface area contributed by atoms with Crippen molar-refractivity contribution in [3.63, 3.8) is 0 Å². The largest absolute Gasteiger partial charge is 0.343 e. The highest BCUT2D eigenvalue weighted by Crippen LogP contribution is 2.05. The van der Waals surface area contributed by atoms with Gasteiger partial charge in [-0.2, -0.15) is 0 Å². The first-order chi connectivity index (χ1) is 5.83. The van der Waals surface area contributed by atoms with E-state index in [1.165, 1.54) is 0 Å². The van der Waals surface area contributed by atoms with Crippen molar-refractivity contribution in [2.45, 2.75) is 6.92 Å². The van der Waals surface area contributed by atoms with Crippen molar-refractivity contribution in [2.75, 3.05) is 11.9 Å². The average molecular weight is 226 g/mol. The van der Waals surface area contributed by atoms with Gasteiger partial charge in [-0.15, -0.1) is 5.92 Å². The Labute approximate surface area is 79.7 Å². The number of hydrogen-bond donors (Lipinski definition) is 1. The van der Waals surface area contributed by atoms with E-state index < -0.39 is 0 Å². The first kappa shape index (κ1) is 9.01. The molecule has 0 bridgehead atoms. The predicted octanol–water partition coefficient (Wildman–Crippen LogP) is 1.67. The number of nitrogens with zero attached hydrogens (tertiary/aromatic N) is 2. The van der Waals surface area contributed by atoms with E-state index >= 15 is 0 Å². The lowest BCUT2D eigenvalue weighted by molar-refractivity contribution is 1.12. The van der Waals surface area contributed by atoms with Gasteiger partial charge in [-0.3, -0.25) is 0 Å². The Balaban J connectivity index is 2.51. The molecular weight excluding hydrogens is 218 g/mol. The van der Waals surface area contributed by atoms with Crippen LogP contribution in [0, 0.1) is 11.8 Å². The minimum Gasteiger partial charge on any atom is -0.343 e. The third-order valence-electron chi connectivity index (χ3n) is 1.13. The maximum Gasteiger partial charge on any atom is 0.223 e. The van der Waals surface area contributed by atoms with E-state index in [0.717, 1.165) is 4.47 Å². The van der Waals surface area contributed by atoms with E-state index in [2.05, 4.69) is 43.1 Å². The summed E-state index contributed by atoms with van der Waals surface area (Å²) in [5, 5.41) is 2.96. The Bertz CT molecular complexity index is 296. The summed E-state index contributed by atoms with van der Waals surface area (Å²) in [6.45, 7) is 2.38. The van der Waals surface area contributed by atoms with E-state index in [4.69, 9.17) is 0 Å². The molecule has 0 spiro atoms. The third kappa shape index (κ3) is 2.89. The van der Waals surface area contributed by atoms with Crippen LogP contribution >= 0.6 is 15.9 Å². The molecule has 0 aromatic carbocycles. The maximum atomic E-state index is 4.01. The van der Waals surface area contributed by atoms with Crippen molar-refractivity contribution < 1.29 is 0 Å². The average Bonchev–Trinajstić information content (AvgIpc) is 2.09. The molecule has 0 saturated heterocycles. The third-order valence-corrected chi connectivity index (χ3v) is 1.54. The molecule has 1 N–H and O–H groups in total. The van der Waals surface area contributed by atoms with Gasteiger partial charge in [0.05, 0.1) is 11.0 Å². The summed E-state index contributed by atoms with van der Waals surface area (Å²) in [6, 6.07) is 0. The second-order valence-corrected chi connectivity index (χ2v) is 2.92. The van der Waals surface area contributed by atoms with Crippen LogP contribution in [0.1, 0.15) is 6.92 Å². The predicted molar refractivity (Wildman–Crippen MR) is 51.7 cm³/mol. The molecule has 0 unspecified atom stereocenters. The van der Waals surface area contributed by atoms with E-state index in [-0.39, 0.29) is 0 Å². The van der Waals surface area contributed by atoms with Crippen LogP contribution in [0.4, 0.5) is 5.95 Å². The van der Waals surface area contributed by atoms with Gasteiger partial charge in [-0.25, -0.2) is 9.97 Å². The van der Waals surface area contributed by atoms with Crippen LogP contribution in [0.5, 0.6) is 0 Å². The minimum absolute atomic E-state index is 0.581. The smallest absolute Gasteiger partial charge is 0.223 e. The van der Waals surface area contributed by atoms with Crippen LogP contribution in [-0.4, -0.2) is 16.5 Å². The quantitative estimate of drug-likeness (QED) is 0.779. The standard InChI is InChI=1S/C8H8BrN3/c1-2-3-4-10-8-11-5-7(9)6-12-8/h5-6H,4H2,1H3,(H,10,11,12). The van der Waals surface area contributed by atoms with Gasteiger partial charge < -0.3 is 5.32 Å². The van der Waals surface area contributed by atoms with Gasteiger partial charge in [0.25, 0.3) is 0 Å². The number of anilines is 1. The van der Waals surface area contributed by atoms with Crippen LogP contribution in [0.15, 0.2) is 16.9 Å². The Kier molecular flexibility index (Phi) is 3.55. The van der Waals surface area contributed by atoms with Crippen molar-refractivity contribution >= 4 is 21.9 Å². The molecule has 1 aromatic heterocycles. The highest BCUT2D eigenvalue weighted by atomic mass is 79.9. The zero-order chi connectivity index (χ0) is 8.81. The Morgan fingerprint density at radius 2 is 2.17 bits per heavy atom. The Hall–Kier alpha value is -1.08. The molecule has 62 valence electrons. The summed E-state index contributed by atoms with van der Waals surface area (Å²) in [5.74, 6) is 6.23. The fourth-order valence-corrected chi connectivity index (χ4v) is 0.820. The summed E-state index contributed by atoms with van der Waals surface area (Å²) in [5.41, 5.74) is 0. The van der Waals surface area contributed by atoms with Crippen LogP contribution < -0.4 is 5.32 Å². The summed E-state index contributed by atoms with van der Waals surface area (Å²) in [7, 11) is 0. The van der Waals surface area contributed by atoms with Crippen molar-refractivity contribution in [3.05, 3.63) is 16.9 Å². The molecule has 0 radical (unpaired) electrons. The second kappa shape index (κ2) is 4.73. The molecule has 1 rings (SSSR count). The fraction of sp³-hybridized carbons (Fsp3) is 0.250. The summed E-state index contributed by atoms with van der Waals surface area (Å²) >= 11 is 3.25. The van der Waals surface area contributed by atoms with Crippen LogP contribution in [0.2, 0.25) is 0 Å². The molecule has 1 aromatic rings. The number of nitrogens with one attached hydrogen (secondary N) is 1. The van der Waals surface area contributed by atoms with Crippen LogP contribution in [-0.2, 0) is 0 Å². The lowest BCUT2D eigenvalue weighted by atomic mass is 10.6. The summed E-state index contributed by atoms with van der Waals surface area (Å²) in [6.07, 6.45) is 3.38. The zero-order valence-corrected chi connectivity index (χ0v) is 8.22. The topological polar surface area (TPSA) is 37.8 Å². The minimum atomic E-state index is 0.581. The van der Waals surface area contributed by atoms with E-state index in [1.807, 2.05) is 0 Å². The van der Waals surface area contributed by atoms with Crippen LogP contribution in [0.25, 0.3) is 0 Å². The molecule has 0 fully saturated rings. The molecule has 1 heterocycles. The Morgan fingerprint density at radius 1 is 1.50 bits per heavy atom. The molecule has 0 atom stereocenters.